The number of para-hydroxylation sites is 2. The Morgan fingerprint density at radius 2 is 1.56 bits per heavy atom. The van der Waals surface area contributed by atoms with Crippen LogP contribution in [0.15, 0.2) is 65.1 Å². The third kappa shape index (κ3) is 12.5. The van der Waals surface area contributed by atoms with Gasteiger partial charge in [0.1, 0.15) is 0 Å². The van der Waals surface area contributed by atoms with E-state index in [-0.39, 0.29) is 11.9 Å². The number of esters is 2. The third-order valence-corrected chi connectivity index (χ3v) is 8.94. The second-order valence-corrected chi connectivity index (χ2v) is 12.7. The molecule has 0 aliphatic heterocycles. The molecule has 0 radical (unpaired) electrons. The van der Waals surface area contributed by atoms with Crippen LogP contribution in [0.1, 0.15) is 81.1 Å². The van der Waals surface area contributed by atoms with Gasteiger partial charge in [-0.1, -0.05) is 80.1 Å². The number of carbonyl (C=O) groups excluding carboxylic acids is 2. The minimum absolute atomic E-state index is 0.292. The van der Waals surface area contributed by atoms with Crippen LogP contribution in [-0.4, -0.2) is 42.6 Å². The van der Waals surface area contributed by atoms with Crippen molar-refractivity contribution in [3.8, 4) is 0 Å². The van der Waals surface area contributed by atoms with Gasteiger partial charge in [0, 0.05) is 29.7 Å². The Bertz CT molecular complexity index is 1350. The van der Waals surface area contributed by atoms with Crippen molar-refractivity contribution in [3.05, 3.63) is 86.3 Å². The standard InChI is InChI=1S/C23H35BrN2O4.C12H9Cl2N/c1-3-26(20-10-6-4-5-7-11-20)16-19-14-18(15-21(24)22(19)25)23(28)30-13-9-8-12-29-17(2)27;13-10-7-4-8-11(14)12(10)15-9-5-2-1-3-6-9/h14-15,20H,3-13,16,25H2,1-2H3;1-8,15H. The van der Waals surface area contributed by atoms with Crippen molar-refractivity contribution < 1.29 is 19.1 Å². The summed E-state index contributed by atoms with van der Waals surface area (Å²) in [5.74, 6) is -0.654. The van der Waals surface area contributed by atoms with E-state index in [0.717, 1.165) is 34.5 Å². The van der Waals surface area contributed by atoms with E-state index in [1.54, 1.807) is 18.2 Å². The van der Waals surface area contributed by atoms with Crippen LogP contribution in [0.4, 0.5) is 17.1 Å². The highest BCUT2D eigenvalue weighted by Gasteiger charge is 2.21. The molecule has 0 atom stereocenters. The maximum atomic E-state index is 12.5. The molecule has 3 aromatic rings. The Morgan fingerprint density at radius 3 is 2.16 bits per heavy atom. The molecule has 1 aliphatic rings. The average molecular weight is 722 g/mol. The van der Waals surface area contributed by atoms with Crippen LogP contribution in [0, 0.1) is 0 Å². The first-order valence-corrected chi connectivity index (χ1v) is 17.1. The first-order valence-electron chi connectivity index (χ1n) is 15.6. The number of nitrogens with one attached hydrogen (secondary N) is 1. The number of rotatable bonds is 12. The highest BCUT2D eigenvalue weighted by atomic mass is 79.9. The van der Waals surface area contributed by atoms with Gasteiger partial charge in [-0.2, -0.15) is 0 Å². The molecule has 3 aromatic carbocycles. The molecule has 1 aliphatic carbocycles. The highest BCUT2D eigenvalue weighted by molar-refractivity contribution is 9.10. The first-order chi connectivity index (χ1) is 21.7. The minimum atomic E-state index is -0.359. The first kappa shape index (κ1) is 36.7. The van der Waals surface area contributed by atoms with Crippen LogP contribution in [-0.2, 0) is 20.8 Å². The summed E-state index contributed by atoms with van der Waals surface area (Å²) < 4.78 is 11.0. The van der Waals surface area contributed by atoms with Crippen LogP contribution in [0.5, 0.6) is 0 Å². The van der Waals surface area contributed by atoms with E-state index in [9.17, 15) is 9.59 Å². The predicted octanol–water partition coefficient (Wildman–Crippen LogP) is 9.81. The number of hydrogen-bond donors (Lipinski definition) is 2. The SMILES string of the molecule is CCN(Cc1cc(C(=O)OCCCCOC(C)=O)cc(Br)c1N)C1CCCCCC1.Clc1cccc(Cl)c1Nc1ccccc1. The third-order valence-electron chi connectivity index (χ3n) is 7.65. The van der Waals surface area contributed by atoms with Gasteiger partial charge < -0.3 is 20.5 Å². The largest absolute Gasteiger partial charge is 0.466 e. The normalized spacial score (nSPS) is 13.4. The Morgan fingerprint density at radius 1 is 0.933 bits per heavy atom. The smallest absolute Gasteiger partial charge is 0.338 e. The summed E-state index contributed by atoms with van der Waals surface area (Å²) in [7, 11) is 0. The van der Waals surface area contributed by atoms with E-state index in [1.807, 2.05) is 42.5 Å². The van der Waals surface area contributed by atoms with Gasteiger partial charge in [0.05, 0.1) is 40.2 Å². The molecule has 244 valence electrons. The number of anilines is 3. The van der Waals surface area contributed by atoms with E-state index >= 15 is 0 Å². The Hall–Kier alpha value is -2.78. The van der Waals surface area contributed by atoms with Crippen molar-refractivity contribution in [1.29, 1.82) is 0 Å². The number of nitrogens with two attached hydrogens (primary N) is 1. The maximum Gasteiger partial charge on any atom is 0.338 e. The molecule has 0 bridgehead atoms. The summed E-state index contributed by atoms with van der Waals surface area (Å²) in [6.45, 7) is 5.89. The van der Waals surface area contributed by atoms with Crippen molar-refractivity contribution in [2.45, 2.75) is 77.8 Å². The maximum absolute atomic E-state index is 12.5. The molecule has 0 unspecified atom stereocenters. The molecule has 3 N–H and O–H groups in total. The number of nitrogens with zero attached hydrogens (tertiary/aromatic N) is 1. The van der Waals surface area contributed by atoms with Crippen LogP contribution in [0.2, 0.25) is 10.0 Å². The monoisotopic (exact) mass is 719 g/mol. The van der Waals surface area contributed by atoms with Gasteiger partial charge in [-0.15, -0.1) is 0 Å². The summed E-state index contributed by atoms with van der Waals surface area (Å²) in [5, 5.41) is 4.41. The number of halogens is 3. The fourth-order valence-electron chi connectivity index (χ4n) is 5.22. The highest BCUT2D eigenvalue weighted by Crippen LogP contribution is 2.32. The zero-order valence-corrected chi connectivity index (χ0v) is 29.2. The number of hydrogen-bond acceptors (Lipinski definition) is 7. The van der Waals surface area contributed by atoms with Crippen LogP contribution in [0.25, 0.3) is 0 Å². The molecule has 45 heavy (non-hydrogen) atoms. The van der Waals surface area contributed by atoms with Gasteiger partial charge in [0.15, 0.2) is 0 Å². The van der Waals surface area contributed by atoms with Crippen molar-refractivity contribution >= 4 is 68.1 Å². The lowest BCUT2D eigenvalue weighted by molar-refractivity contribution is -0.141. The topological polar surface area (TPSA) is 93.9 Å². The summed E-state index contributed by atoms with van der Waals surface area (Å²) in [4.78, 5) is 25.8. The summed E-state index contributed by atoms with van der Waals surface area (Å²) >= 11 is 15.6. The molecule has 1 fully saturated rings. The number of ether oxygens (including phenoxy) is 2. The number of nitrogen functional groups attached to an aromatic ring is 1. The molecular formula is C35H44BrCl2N3O4. The molecule has 0 heterocycles. The van der Waals surface area contributed by atoms with Crippen molar-refractivity contribution in [3.63, 3.8) is 0 Å². The van der Waals surface area contributed by atoms with Gasteiger partial charge in [0.25, 0.3) is 0 Å². The van der Waals surface area contributed by atoms with E-state index in [0.29, 0.717) is 53.4 Å². The lowest BCUT2D eigenvalue weighted by Crippen LogP contribution is -2.34. The molecule has 10 heteroatoms. The second-order valence-electron chi connectivity index (χ2n) is 11.0. The molecule has 0 spiro atoms. The van der Waals surface area contributed by atoms with Gasteiger partial charge in [0.2, 0.25) is 0 Å². The molecule has 0 amide bonds. The fourth-order valence-corrected chi connectivity index (χ4v) is 6.21. The molecule has 0 saturated heterocycles. The van der Waals surface area contributed by atoms with Crippen LogP contribution in [0.3, 0.4) is 0 Å². The molecular weight excluding hydrogens is 677 g/mol. The molecule has 1 saturated carbocycles. The van der Waals surface area contributed by atoms with Gasteiger partial charge >= 0.3 is 11.9 Å². The number of benzene rings is 3. The lowest BCUT2D eigenvalue weighted by Gasteiger charge is -2.30. The van der Waals surface area contributed by atoms with E-state index in [1.165, 1.54) is 45.4 Å². The van der Waals surface area contributed by atoms with Crippen molar-refractivity contribution in [2.75, 3.05) is 30.8 Å². The van der Waals surface area contributed by atoms with Crippen LogP contribution >= 0.6 is 39.1 Å². The van der Waals surface area contributed by atoms with Crippen molar-refractivity contribution in [1.82, 2.24) is 4.90 Å². The fraction of sp³-hybridized carbons (Fsp3) is 0.429. The number of unbranched alkanes of at least 4 members (excludes halogenated alkanes) is 1. The number of carbonyl (C=O) groups is 2. The predicted molar refractivity (Wildman–Crippen MR) is 188 cm³/mol. The Labute approximate surface area is 285 Å². The van der Waals surface area contributed by atoms with E-state index in [2.05, 4.69) is 33.1 Å². The van der Waals surface area contributed by atoms with Gasteiger partial charge in [-0.25, -0.2) is 4.79 Å². The summed E-state index contributed by atoms with van der Waals surface area (Å²) in [5.41, 5.74) is 10.2. The van der Waals surface area contributed by atoms with Crippen molar-refractivity contribution in [2.24, 2.45) is 0 Å². The van der Waals surface area contributed by atoms with E-state index < -0.39 is 0 Å². The van der Waals surface area contributed by atoms with E-state index in [4.69, 9.17) is 38.4 Å². The van der Waals surface area contributed by atoms with Gasteiger partial charge in [-0.3, -0.25) is 9.69 Å². The lowest BCUT2D eigenvalue weighted by atomic mass is 10.0. The molecule has 0 aromatic heterocycles. The minimum Gasteiger partial charge on any atom is -0.466 e. The zero-order valence-electron chi connectivity index (χ0n) is 26.1. The van der Waals surface area contributed by atoms with Crippen LogP contribution < -0.4 is 11.1 Å². The summed E-state index contributed by atoms with van der Waals surface area (Å²) in [6, 6.07) is 19.4. The Balaban J connectivity index is 0.000000305. The zero-order chi connectivity index (χ0) is 32.6. The summed E-state index contributed by atoms with van der Waals surface area (Å²) in [6.07, 6.45) is 8.97. The Kier molecular flexibility index (Phi) is 16.0. The quantitative estimate of drug-likeness (QED) is 0.0833. The van der Waals surface area contributed by atoms with Gasteiger partial charge in [-0.05, 0) is 90.1 Å². The average Bonchev–Trinajstić information content (AvgIpc) is 3.32. The molecule has 4 rings (SSSR count). The second kappa shape index (κ2) is 19.7. The molecule has 7 nitrogen and oxygen atoms in total.